The van der Waals surface area contributed by atoms with E-state index in [2.05, 4.69) is 5.32 Å². The number of aryl methyl sites for hydroxylation is 2. The van der Waals surface area contributed by atoms with E-state index >= 15 is 0 Å². The van der Waals surface area contributed by atoms with Crippen molar-refractivity contribution in [3.8, 4) is 0 Å². The van der Waals surface area contributed by atoms with E-state index < -0.39 is 0 Å². The van der Waals surface area contributed by atoms with E-state index in [4.69, 9.17) is 0 Å². The Labute approximate surface area is 127 Å². The van der Waals surface area contributed by atoms with Gasteiger partial charge in [-0.1, -0.05) is 24.6 Å². The van der Waals surface area contributed by atoms with Crippen molar-refractivity contribution in [2.75, 3.05) is 20.6 Å². The molecule has 0 aliphatic heterocycles. The van der Waals surface area contributed by atoms with Crippen LogP contribution in [0.4, 0.5) is 0 Å². The summed E-state index contributed by atoms with van der Waals surface area (Å²) in [5, 5.41) is 2.64. The average molecular weight is 290 g/mol. The van der Waals surface area contributed by atoms with Crippen LogP contribution in [0.25, 0.3) is 0 Å². The second-order valence-electron chi connectivity index (χ2n) is 5.81. The van der Waals surface area contributed by atoms with Gasteiger partial charge in [-0.3, -0.25) is 14.5 Å². The second kappa shape index (κ2) is 7.36. The summed E-state index contributed by atoms with van der Waals surface area (Å²) in [4.78, 5) is 26.2. The van der Waals surface area contributed by atoms with Gasteiger partial charge < -0.3 is 5.32 Å². The first-order valence-electron chi connectivity index (χ1n) is 7.31. The molecule has 1 aromatic rings. The van der Waals surface area contributed by atoms with Crippen molar-refractivity contribution in [2.45, 2.75) is 33.7 Å². The number of nitrogens with one attached hydrogen (secondary N) is 1. The molecular weight excluding hydrogens is 264 g/mol. The number of Topliss-reactive ketones (excluding diaryl/α,β-unsaturated/α-hetero) is 1. The number of nitrogens with zero attached hydrogens (tertiary/aromatic N) is 1. The molecule has 0 aromatic heterocycles. The SMILES string of the molecule is CNC(=O)C(C)CN(C)C(C)C(=O)c1cc(C)ccc1C. The first-order valence-corrected chi connectivity index (χ1v) is 7.31. The van der Waals surface area contributed by atoms with Crippen LogP contribution < -0.4 is 5.32 Å². The Morgan fingerprint density at radius 1 is 1.24 bits per heavy atom. The molecule has 0 bridgehead atoms. The van der Waals surface area contributed by atoms with Crippen molar-refractivity contribution < 1.29 is 9.59 Å². The maximum Gasteiger partial charge on any atom is 0.223 e. The minimum absolute atomic E-state index is 0.00626. The quantitative estimate of drug-likeness (QED) is 0.817. The number of hydrogen-bond acceptors (Lipinski definition) is 3. The smallest absolute Gasteiger partial charge is 0.223 e. The predicted molar refractivity (Wildman–Crippen MR) is 85.6 cm³/mol. The molecule has 0 saturated heterocycles. The summed E-state index contributed by atoms with van der Waals surface area (Å²) >= 11 is 0. The van der Waals surface area contributed by atoms with Crippen LogP contribution in [0.2, 0.25) is 0 Å². The van der Waals surface area contributed by atoms with Crippen LogP contribution in [0.1, 0.15) is 35.3 Å². The van der Waals surface area contributed by atoms with Crippen molar-refractivity contribution in [1.29, 1.82) is 0 Å². The number of rotatable bonds is 6. The maximum atomic E-state index is 12.6. The number of carbonyl (C=O) groups excluding carboxylic acids is 2. The minimum atomic E-state index is -0.252. The highest BCUT2D eigenvalue weighted by molar-refractivity contribution is 6.01. The third-order valence-corrected chi connectivity index (χ3v) is 3.95. The molecule has 21 heavy (non-hydrogen) atoms. The van der Waals surface area contributed by atoms with Crippen molar-refractivity contribution in [3.63, 3.8) is 0 Å². The van der Waals surface area contributed by atoms with Gasteiger partial charge in [0.25, 0.3) is 0 Å². The monoisotopic (exact) mass is 290 g/mol. The molecule has 0 spiro atoms. The number of likely N-dealkylation sites (N-methyl/N-ethyl adjacent to an activating group) is 1. The van der Waals surface area contributed by atoms with Gasteiger partial charge in [-0.25, -0.2) is 0 Å². The summed E-state index contributed by atoms with van der Waals surface area (Å²) in [5.74, 6) is -0.0510. The highest BCUT2D eigenvalue weighted by Crippen LogP contribution is 2.15. The molecule has 1 N–H and O–H groups in total. The molecule has 2 unspecified atom stereocenters. The molecule has 2 atom stereocenters. The lowest BCUT2D eigenvalue weighted by atomic mass is 9.97. The molecule has 0 radical (unpaired) electrons. The molecule has 4 nitrogen and oxygen atoms in total. The summed E-state index contributed by atoms with van der Waals surface area (Å²) in [6.07, 6.45) is 0. The molecule has 0 aliphatic rings. The number of benzene rings is 1. The Morgan fingerprint density at radius 2 is 1.86 bits per heavy atom. The summed E-state index contributed by atoms with van der Waals surface area (Å²) < 4.78 is 0. The maximum absolute atomic E-state index is 12.6. The third kappa shape index (κ3) is 4.39. The first kappa shape index (κ1) is 17.4. The summed E-state index contributed by atoms with van der Waals surface area (Å²) in [6.45, 7) is 8.24. The predicted octanol–water partition coefficient (Wildman–Crippen LogP) is 2.19. The lowest BCUT2D eigenvalue weighted by molar-refractivity contribution is -0.124. The van der Waals surface area contributed by atoms with Gasteiger partial charge in [0, 0.05) is 25.1 Å². The van der Waals surface area contributed by atoms with E-state index in [1.807, 2.05) is 57.8 Å². The van der Waals surface area contributed by atoms with Crippen LogP contribution in [0.5, 0.6) is 0 Å². The zero-order valence-electron chi connectivity index (χ0n) is 13.9. The van der Waals surface area contributed by atoms with Crippen LogP contribution in [-0.2, 0) is 4.79 Å². The zero-order valence-corrected chi connectivity index (χ0v) is 13.9. The van der Waals surface area contributed by atoms with E-state index in [0.717, 1.165) is 16.7 Å². The lowest BCUT2D eigenvalue weighted by Crippen LogP contribution is -2.42. The van der Waals surface area contributed by atoms with Gasteiger partial charge in [-0.05, 0) is 39.4 Å². The summed E-state index contributed by atoms with van der Waals surface area (Å²) in [6, 6.07) is 5.67. The van der Waals surface area contributed by atoms with Crippen LogP contribution >= 0.6 is 0 Å². The largest absolute Gasteiger partial charge is 0.359 e. The van der Waals surface area contributed by atoms with Gasteiger partial charge in [-0.2, -0.15) is 0 Å². The topological polar surface area (TPSA) is 49.4 Å². The number of carbonyl (C=O) groups is 2. The summed E-state index contributed by atoms with van der Waals surface area (Å²) in [5.41, 5.74) is 2.84. The fourth-order valence-electron chi connectivity index (χ4n) is 2.35. The van der Waals surface area contributed by atoms with Gasteiger partial charge in [0.15, 0.2) is 5.78 Å². The normalized spacial score (nSPS) is 13.9. The Hall–Kier alpha value is -1.68. The highest BCUT2D eigenvalue weighted by Gasteiger charge is 2.24. The van der Waals surface area contributed by atoms with E-state index in [0.29, 0.717) is 6.54 Å². The molecule has 0 heterocycles. The second-order valence-corrected chi connectivity index (χ2v) is 5.81. The van der Waals surface area contributed by atoms with Crippen LogP contribution in [0, 0.1) is 19.8 Å². The third-order valence-electron chi connectivity index (χ3n) is 3.95. The van der Waals surface area contributed by atoms with Crippen molar-refractivity contribution >= 4 is 11.7 Å². The lowest BCUT2D eigenvalue weighted by Gasteiger charge is -2.26. The van der Waals surface area contributed by atoms with Gasteiger partial charge in [0.2, 0.25) is 5.91 Å². The Morgan fingerprint density at radius 3 is 2.43 bits per heavy atom. The van der Waals surface area contributed by atoms with E-state index in [9.17, 15) is 9.59 Å². The fraction of sp³-hybridized carbons (Fsp3) is 0.529. The van der Waals surface area contributed by atoms with E-state index in [-0.39, 0.29) is 23.7 Å². The van der Waals surface area contributed by atoms with Crippen LogP contribution in [0.3, 0.4) is 0 Å². The Balaban J connectivity index is 2.82. The fourth-order valence-corrected chi connectivity index (χ4v) is 2.35. The summed E-state index contributed by atoms with van der Waals surface area (Å²) in [7, 11) is 3.51. The van der Waals surface area contributed by atoms with Gasteiger partial charge in [-0.15, -0.1) is 0 Å². The Bertz CT molecular complexity index is 526. The molecule has 0 fully saturated rings. The molecule has 0 aliphatic carbocycles. The zero-order chi connectivity index (χ0) is 16.2. The standard InChI is InChI=1S/C17H26N2O2/c1-11-7-8-12(2)15(9-11)16(20)14(4)19(6)10-13(3)17(21)18-5/h7-9,13-14H,10H2,1-6H3,(H,18,21). The van der Waals surface area contributed by atoms with Crippen molar-refractivity contribution in [3.05, 3.63) is 34.9 Å². The molecule has 0 saturated carbocycles. The van der Waals surface area contributed by atoms with Crippen LogP contribution in [0.15, 0.2) is 18.2 Å². The van der Waals surface area contributed by atoms with Gasteiger partial charge in [0.05, 0.1) is 6.04 Å². The van der Waals surface area contributed by atoms with Gasteiger partial charge >= 0.3 is 0 Å². The molecule has 1 amide bonds. The first-order chi connectivity index (χ1) is 9.77. The van der Waals surface area contributed by atoms with E-state index in [1.165, 1.54) is 0 Å². The minimum Gasteiger partial charge on any atom is -0.359 e. The number of ketones is 1. The average Bonchev–Trinajstić information content (AvgIpc) is 2.46. The highest BCUT2D eigenvalue weighted by atomic mass is 16.2. The van der Waals surface area contributed by atoms with Crippen molar-refractivity contribution in [1.82, 2.24) is 10.2 Å². The van der Waals surface area contributed by atoms with Crippen LogP contribution in [-0.4, -0.2) is 43.3 Å². The van der Waals surface area contributed by atoms with E-state index in [1.54, 1.807) is 7.05 Å². The number of hydrogen-bond donors (Lipinski definition) is 1. The van der Waals surface area contributed by atoms with Crippen molar-refractivity contribution in [2.24, 2.45) is 5.92 Å². The molecule has 1 aromatic carbocycles. The number of amides is 1. The molecular formula is C17H26N2O2. The molecule has 4 heteroatoms. The molecule has 116 valence electrons. The van der Waals surface area contributed by atoms with Gasteiger partial charge in [0.1, 0.15) is 0 Å². The Kier molecular flexibility index (Phi) is 6.09. The molecule has 1 rings (SSSR count).